The lowest BCUT2D eigenvalue weighted by Crippen LogP contribution is -2.17. The summed E-state index contributed by atoms with van der Waals surface area (Å²) in [5.41, 5.74) is 4.60. The van der Waals surface area contributed by atoms with Gasteiger partial charge in [0.15, 0.2) is 11.5 Å². The fourth-order valence-electron chi connectivity index (χ4n) is 2.67. The molecule has 0 bridgehead atoms. The molecular weight excluding hydrogens is 406 g/mol. The summed E-state index contributed by atoms with van der Waals surface area (Å²) < 4.78 is 15.4. The topological polar surface area (TPSA) is 102 Å². The molecule has 2 aromatic carbocycles. The average molecular weight is 427 g/mol. The van der Waals surface area contributed by atoms with Gasteiger partial charge >= 0.3 is 0 Å². The molecule has 0 saturated heterocycles. The lowest BCUT2D eigenvalue weighted by molar-refractivity contribution is 0.0958. The minimum Gasteiger partial charge on any atom is -0.502 e. The molecule has 0 atom stereocenters. The number of aryl methyl sites for hydroxylation is 1. The van der Waals surface area contributed by atoms with Gasteiger partial charge in [-0.05, 0) is 43.3 Å². The van der Waals surface area contributed by atoms with Crippen molar-refractivity contribution in [3.63, 3.8) is 0 Å². The van der Waals surface area contributed by atoms with Crippen LogP contribution in [0.25, 0.3) is 10.6 Å². The monoisotopic (exact) mass is 427 g/mol. The summed E-state index contributed by atoms with van der Waals surface area (Å²) in [4.78, 5) is 17.5. The molecule has 0 radical (unpaired) electrons. The molecular formula is C21H21N3O5S. The van der Waals surface area contributed by atoms with Gasteiger partial charge in [0.25, 0.3) is 5.91 Å². The highest BCUT2D eigenvalue weighted by Crippen LogP contribution is 2.36. The van der Waals surface area contributed by atoms with Crippen LogP contribution in [0.2, 0.25) is 0 Å². The van der Waals surface area contributed by atoms with Gasteiger partial charge in [-0.25, -0.2) is 10.4 Å². The fourth-order valence-corrected chi connectivity index (χ4v) is 3.63. The number of amides is 1. The summed E-state index contributed by atoms with van der Waals surface area (Å²) in [5.74, 6) is 0.766. The number of carbonyl (C=O) groups is 1. The van der Waals surface area contributed by atoms with Crippen LogP contribution in [-0.4, -0.2) is 43.5 Å². The summed E-state index contributed by atoms with van der Waals surface area (Å²) in [6.07, 6.45) is 1.43. The second kappa shape index (κ2) is 9.27. The van der Waals surface area contributed by atoms with Gasteiger partial charge < -0.3 is 19.3 Å². The first-order valence-corrected chi connectivity index (χ1v) is 9.68. The first kappa shape index (κ1) is 21.1. The first-order valence-electron chi connectivity index (χ1n) is 8.87. The minimum atomic E-state index is -0.362. The van der Waals surface area contributed by atoms with Crippen molar-refractivity contribution < 1.29 is 24.1 Å². The third-order valence-corrected chi connectivity index (χ3v) is 5.43. The van der Waals surface area contributed by atoms with E-state index < -0.39 is 0 Å². The van der Waals surface area contributed by atoms with Gasteiger partial charge in [0.1, 0.15) is 15.6 Å². The Morgan fingerprint density at radius 2 is 1.73 bits per heavy atom. The van der Waals surface area contributed by atoms with Crippen molar-refractivity contribution in [2.24, 2.45) is 5.10 Å². The Kier molecular flexibility index (Phi) is 6.53. The molecule has 3 rings (SSSR count). The maximum Gasteiger partial charge on any atom is 0.283 e. The number of benzene rings is 2. The molecule has 0 aliphatic heterocycles. The van der Waals surface area contributed by atoms with Crippen LogP contribution >= 0.6 is 11.3 Å². The Bertz CT molecular complexity index is 1050. The molecule has 3 aromatic rings. The Balaban J connectivity index is 1.74. The van der Waals surface area contributed by atoms with E-state index in [0.29, 0.717) is 16.1 Å². The Labute approximate surface area is 177 Å². The summed E-state index contributed by atoms with van der Waals surface area (Å²) in [6.45, 7) is 1.78. The number of ether oxygens (including phenoxy) is 3. The van der Waals surface area contributed by atoms with Crippen LogP contribution in [0.1, 0.15) is 20.9 Å². The molecule has 156 valence electrons. The van der Waals surface area contributed by atoms with Crippen molar-refractivity contribution in [1.82, 2.24) is 10.4 Å². The summed E-state index contributed by atoms with van der Waals surface area (Å²) in [6, 6.07) is 10.6. The number of aromatic nitrogens is 1. The molecule has 0 spiro atoms. The molecule has 30 heavy (non-hydrogen) atoms. The number of nitrogens with zero attached hydrogens (tertiary/aromatic N) is 2. The number of hydrazone groups is 1. The zero-order valence-electron chi connectivity index (χ0n) is 16.9. The third-order valence-electron chi connectivity index (χ3n) is 4.22. The van der Waals surface area contributed by atoms with Gasteiger partial charge in [-0.3, -0.25) is 4.79 Å². The number of rotatable bonds is 7. The van der Waals surface area contributed by atoms with Crippen LogP contribution in [0.15, 0.2) is 41.5 Å². The maximum atomic E-state index is 12.5. The predicted octanol–water partition coefficient (Wildman–Crippen LogP) is 3.61. The standard InChI is InChI=1S/C21H21N3O5S/c1-12-19(30-21(23-12)14-5-7-15(27-2)8-6-14)20(26)24-22-11-13-9-16(28-3)18(25)17(10-13)29-4/h5-11,25H,1-4H3,(H,24,26)/b22-11+. The molecule has 0 aliphatic carbocycles. The second-order valence-electron chi connectivity index (χ2n) is 6.14. The van der Waals surface area contributed by atoms with Crippen LogP contribution in [0.4, 0.5) is 0 Å². The van der Waals surface area contributed by atoms with Crippen molar-refractivity contribution in [3.05, 3.63) is 52.5 Å². The summed E-state index contributed by atoms with van der Waals surface area (Å²) in [5, 5.41) is 14.7. The van der Waals surface area contributed by atoms with Gasteiger partial charge in [-0.15, -0.1) is 11.3 Å². The van der Waals surface area contributed by atoms with E-state index in [0.717, 1.165) is 16.3 Å². The van der Waals surface area contributed by atoms with Crippen molar-refractivity contribution >= 4 is 23.5 Å². The van der Waals surface area contributed by atoms with Crippen LogP contribution in [0.3, 0.4) is 0 Å². The van der Waals surface area contributed by atoms with Gasteiger partial charge in [0, 0.05) is 11.1 Å². The zero-order valence-corrected chi connectivity index (χ0v) is 17.7. The van der Waals surface area contributed by atoms with E-state index in [1.54, 1.807) is 26.2 Å². The van der Waals surface area contributed by atoms with Crippen molar-refractivity contribution in [1.29, 1.82) is 0 Å². The van der Waals surface area contributed by atoms with Gasteiger partial charge in [0.2, 0.25) is 5.75 Å². The lowest BCUT2D eigenvalue weighted by atomic mass is 10.2. The summed E-state index contributed by atoms with van der Waals surface area (Å²) >= 11 is 1.28. The molecule has 0 unspecified atom stereocenters. The van der Waals surface area contributed by atoms with Crippen molar-refractivity contribution in [2.45, 2.75) is 6.92 Å². The van der Waals surface area contributed by atoms with Gasteiger partial charge in [-0.2, -0.15) is 5.10 Å². The largest absolute Gasteiger partial charge is 0.502 e. The normalized spacial score (nSPS) is 10.8. The highest BCUT2D eigenvalue weighted by atomic mass is 32.1. The highest BCUT2D eigenvalue weighted by molar-refractivity contribution is 7.17. The molecule has 2 N–H and O–H groups in total. The number of carbonyl (C=O) groups excluding carboxylic acids is 1. The zero-order chi connectivity index (χ0) is 21.7. The number of thiazole rings is 1. The van der Waals surface area contributed by atoms with Gasteiger partial charge in [0.05, 0.1) is 33.2 Å². The number of phenolic OH excluding ortho intramolecular Hbond substituents is 1. The number of hydrogen-bond donors (Lipinski definition) is 2. The maximum absolute atomic E-state index is 12.5. The highest BCUT2D eigenvalue weighted by Gasteiger charge is 2.16. The van der Waals surface area contributed by atoms with Crippen LogP contribution < -0.4 is 19.6 Å². The van der Waals surface area contributed by atoms with E-state index in [1.807, 2.05) is 24.3 Å². The number of phenols is 1. The smallest absolute Gasteiger partial charge is 0.283 e. The van der Waals surface area contributed by atoms with E-state index in [-0.39, 0.29) is 23.2 Å². The average Bonchev–Trinajstić information content (AvgIpc) is 3.16. The van der Waals surface area contributed by atoms with Crippen LogP contribution in [0, 0.1) is 6.92 Å². The second-order valence-corrected chi connectivity index (χ2v) is 7.13. The minimum absolute atomic E-state index is 0.104. The van der Waals surface area contributed by atoms with Crippen molar-refractivity contribution in [2.75, 3.05) is 21.3 Å². The van der Waals surface area contributed by atoms with Gasteiger partial charge in [-0.1, -0.05) is 0 Å². The lowest BCUT2D eigenvalue weighted by Gasteiger charge is -2.09. The van der Waals surface area contributed by atoms with Crippen molar-refractivity contribution in [3.8, 4) is 33.6 Å². The van der Waals surface area contributed by atoms with E-state index in [2.05, 4.69) is 15.5 Å². The first-order chi connectivity index (χ1) is 14.5. The number of nitrogens with one attached hydrogen (secondary N) is 1. The van der Waals surface area contributed by atoms with E-state index >= 15 is 0 Å². The Morgan fingerprint density at radius 3 is 2.30 bits per heavy atom. The molecule has 0 fully saturated rings. The quantitative estimate of drug-likeness (QED) is 0.441. The summed E-state index contributed by atoms with van der Waals surface area (Å²) in [7, 11) is 4.48. The molecule has 1 heterocycles. The SMILES string of the molecule is COc1ccc(-c2nc(C)c(C(=O)N/N=C/c3cc(OC)c(O)c(OC)c3)s2)cc1. The number of hydrogen-bond acceptors (Lipinski definition) is 8. The number of methoxy groups -OCH3 is 3. The molecule has 0 aliphatic rings. The Morgan fingerprint density at radius 1 is 1.10 bits per heavy atom. The van der Waals surface area contributed by atoms with Crippen LogP contribution in [-0.2, 0) is 0 Å². The third kappa shape index (κ3) is 4.52. The molecule has 1 amide bonds. The van der Waals surface area contributed by atoms with E-state index in [1.165, 1.54) is 31.8 Å². The molecule has 9 heteroatoms. The van der Waals surface area contributed by atoms with E-state index in [4.69, 9.17) is 14.2 Å². The molecule has 8 nitrogen and oxygen atoms in total. The van der Waals surface area contributed by atoms with E-state index in [9.17, 15) is 9.90 Å². The predicted molar refractivity (Wildman–Crippen MR) is 115 cm³/mol. The molecule has 0 saturated carbocycles. The Hall–Kier alpha value is -3.59. The van der Waals surface area contributed by atoms with Crippen LogP contribution in [0.5, 0.6) is 23.0 Å². The molecule has 1 aromatic heterocycles. The fraction of sp³-hybridized carbons (Fsp3) is 0.190. The number of aromatic hydroxyl groups is 1.